The number of fused-ring (bicyclic) bond motifs is 6. The first-order valence-corrected chi connectivity index (χ1v) is 25.6. The number of hydrogen-bond acceptors (Lipinski definition) is 2. The van der Waals surface area contributed by atoms with Gasteiger partial charge in [0.25, 0.3) is 0 Å². The molecule has 0 saturated carbocycles. The standard InChI is InChI=1S/C68H66N4/c1-65(2,3)47-27-32-60-53(38-47)54-39-48(66(4,5)6)28-33-61(54)71(60)51-25-19-24-45(36-51)52-37-46(64-69-57(43-20-15-13-16-21-43)42-58(70-64)44-22-17-14-18-23-44)26-31-59(52)72-62-34-29-49(67(7,8)9)40-55(62)56-41-50(68(10,11)12)30-35-63(56)72/h13-42H,1-12H3. The van der Waals surface area contributed by atoms with Crippen molar-refractivity contribution in [1.29, 1.82) is 0 Å². The van der Waals surface area contributed by atoms with E-state index in [2.05, 4.69) is 274 Å². The molecule has 4 nitrogen and oxygen atoms in total. The van der Waals surface area contributed by atoms with E-state index in [0.717, 1.165) is 50.6 Å². The molecule has 0 spiro atoms. The van der Waals surface area contributed by atoms with Crippen molar-refractivity contribution < 1.29 is 0 Å². The van der Waals surface area contributed by atoms with Gasteiger partial charge in [-0.1, -0.05) is 180 Å². The summed E-state index contributed by atoms with van der Waals surface area (Å²) in [5.74, 6) is 0.678. The zero-order valence-electron chi connectivity index (χ0n) is 44.1. The van der Waals surface area contributed by atoms with Gasteiger partial charge in [-0.3, -0.25) is 0 Å². The third-order valence-electron chi connectivity index (χ3n) is 14.8. The Hall–Kier alpha value is -7.56. The van der Waals surface area contributed by atoms with Crippen LogP contribution in [0.5, 0.6) is 0 Å². The first-order chi connectivity index (χ1) is 34.2. The maximum atomic E-state index is 5.34. The Morgan fingerprint density at radius 3 is 1.10 bits per heavy atom. The van der Waals surface area contributed by atoms with Crippen molar-refractivity contribution in [3.63, 3.8) is 0 Å². The number of hydrogen-bond donors (Lipinski definition) is 0. The van der Waals surface area contributed by atoms with E-state index in [1.54, 1.807) is 0 Å². The summed E-state index contributed by atoms with van der Waals surface area (Å²) in [6.07, 6.45) is 0. The molecule has 11 aromatic rings. The fourth-order valence-corrected chi connectivity index (χ4v) is 10.5. The lowest BCUT2D eigenvalue weighted by Gasteiger charge is -2.20. The predicted molar refractivity (Wildman–Crippen MR) is 307 cm³/mol. The minimum absolute atomic E-state index is 0.00715. The van der Waals surface area contributed by atoms with Gasteiger partial charge in [-0.05, 0) is 134 Å². The Morgan fingerprint density at radius 2 is 0.694 bits per heavy atom. The van der Waals surface area contributed by atoms with E-state index in [-0.39, 0.29) is 21.7 Å². The van der Waals surface area contributed by atoms with Gasteiger partial charge in [0.05, 0.1) is 39.1 Å². The Labute approximate surface area is 426 Å². The Morgan fingerprint density at radius 1 is 0.306 bits per heavy atom. The van der Waals surface area contributed by atoms with Gasteiger partial charge in [0.15, 0.2) is 5.82 Å². The summed E-state index contributed by atoms with van der Waals surface area (Å²) < 4.78 is 4.96. The molecule has 3 heterocycles. The van der Waals surface area contributed by atoms with E-state index in [1.807, 2.05) is 0 Å². The zero-order valence-corrected chi connectivity index (χ0v) is 44.1. The molecule has 0 fully saturated rings. The van der Waals surface area contributed by atoms with Crippen LogP contribution in [0.15, 0.2) is 182 Å². The molecular weight excluding hydrogens is 873 g/mol. The summed E-state index contributed by atoms with van der Waals surface area (Å²) >= 11 is 0. The van der Waals surface area contributed by atoms with E-state index in [0.29, 0.717) is 5.82 Å². The summed E-state index contributed by atoms with van der Waals surface area (Å²) in [5, 5.41) is 5.06. The third-order valence-corrected chi connectivity index (χ3v) is 14.8. The molecule has 0 atom stereocenters. The highest BCUT2D eigenvalue weighted by Crippen LogP contribution is 2.43. The summed E-state index contributed by atoms with van der Waals surface area (Å²) in [6, 6.07) is 67.4. The lowest BCUT2D eigenvalue weighted by atomic mass is 9.85. The van der Waals surface area contributed by atoms with Crippen LogP contribution in [0.4, 0.5) is 0 Å². The summed E-state index contributed by atoms with van der Waals surface area (Å²) in [6.45, 7) is 27.7. The van der Waals surface area contributed by atoms with E-state index < -0.39 is 0 Å². The van der Waals surface area contributed by atoms with Gasteiger partial charge in [0.1, 0.15) is 0 Å². The second kappa shape index (κ2) is 17.1. The van der Waals surface area contributed by atoms with Crippen LogP contribution in [0, 0.1) is 0 Å². The molecular formula is C68H66N4. The predicted octanol–water partition coefficient (Wildman–Crippen LogP) is 18.5. The largest absolute Gasteiger partial charge is 0.309 e. The SMILES string of the molecule is CC(C)(C)c1ccc2c(c1)c1cc(C(C)(C)C)ccc1n2-c1cccc(-c2cc(-c3nc(-c4ccccc4)cc(-c4ccccc4)n3)ccc2-n2c3ccc(C(C)(C)C)cc3c3cc(C(C)(C)C)ccc32)c1. The summed E-state index contributed by atoms with van der Waals surface area (Å²) in [7, 11) is 0. The van der Waals surface area contributed by atoms with Crippen LogP contribution in [0.3, 0.4) is 0 Å². The first-order valence-electron chi connectivity index (χ1n) is 25.6. The zero-order chi connectivity index (χ0) is 50.5. The van der Waals surface area contributed by atoms with Crippen LogP contribution >= 0.6 is 0 Å². The van der Waals surface area contributed by atoms with Gasteiger partial charge in [0.2, 0.25) is 0 Å². The maximum Gasteiger partial charge on any atom is 0.160 e. The fraction of sp³-hybridized carbons (Fsp3) is 0.235. The quantitative estimate of drug-likeness (QED) is 0.167. The lowest BCUT2D eigenvalue weighted by molar-refractivity contribution is 0.590. The molecule has 0 unspecified atom stereocenters. The fourth-order valence-electron chi connectivity index (χ4n) is 10.5. The third kappa shape index (κ3) is 8.41. The normalized spacial score (nSPS) is 12.7. The maximum absolute atomic E-state index is 5.34. The minimum Gasteiger partial charge on any atom is -0.309 e. The monoisotopic (exact) mass is 939 g/mol. The number of benzene rings is 8. The molecule has 358 valence electrons. The second-order valence-electron chi connectivity index (χ2n) is 24.1. The molecule has 4 heteroatoms. The van der Waals surface area contributed by atoms with Crippen LogP contribution in [0.25, 0.3) is 100 Å². The second-order valence-corrected chi connectivity index (χ2v) is 24.1. The highest BCUT2D eigenvalue weighted by Gasteiger charge is 2.25. The molecule has 0 aliphatic carbocycles. The number of nitrogens with zero attached hydrogens (tertiary/aromatic N) is 4. The van der Waals surface area contributed by atoms with Gasteiger partial charge < -0.3 is 9.13 Å². The lowest BCUT2D eigenvalue weighted by Crippen LogP contribution is -2.10. The average molecular weight is 939 g/mol. The number of aromatic nitrogens is 4. The smallest absolute Gasteiger partial charge is 0.160 e. The van der Waals surface area contributed by atoms with E-state index in [1.165, 1.54) is 65.9 Å². The van der Waals surface area contributed by atoms with Gasteiger partial charge in [-0.25, -0.2) is 9.97 Å². The topological polar surface area (TPSA) is 35.6 Å². The van der Waals surface area contributed by atoms with Crippen molar-refractivity contribution in [2.45, 2.75) is 105 Å². The van der Waals surface area contributed by atoms with Crippen LogP contribution in [0.2, 0.25) is 0 Å². The molecule has 0 aliphatic rings. The Balaban J connectivity index is 1.20. The summed E-state index contributed by atoms with van der Waals surface area (Å²) in [4.78, 5) is 10.7. The van der Waals surface area contributed by atoms with E-state index in [4.69, 9.17) is 9.97 Å². The van der Waals surface area contributed by atoms with Crippen molar-refractivity contribution in [2.24, 2.45) is 0 Å². The molecule has 0 radical (unpaired) electrons. The van der Waals surface area contributed by atoms with Crippen molar-refractivity contribution in [3.8, 4) is 56.4 Å². The van der Waals surface area contributed by atoms with Crippen LogP contribution < -0.4 is 0 Å². The van der Waals surface area contributed by atoms with Gasteiger partial charge in [-0.2, -0.15) is 0 Å². The minimum atomic E-state index is -0.0141. The van der Waals surface area contributed by atoms with Crippen molar-refractivity contribution >= 4 is 43.6 Å². The van der Waals surface area contributed by atoms with Crippen molar-refractivity contribution in [2.75, 3.05) is 0 Å². The molecule has 0 N–H and O–H groups in total. The summed E-state index contributed by atoms with van der Waals surface area (Å²) in [5.41, 5.74) is 19.2. The molecule has 0 amide bonds. The van der Waals surface area contributed by atoms with Gasteiger partial charge >= 0.3 is 0 Å². The molecule has 11 rings (SSSR count). The molecule has 8 aromatic carbocycles. The van der Waals surface area contributed by atoms with E-state index in [9.17, 15) is 0 Å². The average Bonchev–Trinajstić information content (AvgIpc) is 3.87. The molecule has 0 aliphatic heterocycles. The number of rotatable bonds is 6. The van der Waals surface area contributed by atoms with Crippen LogP contribution in [-0.4, -0.2) is 19.1 Å². The van der Waals surface area contributed by atoms with E-state index >= 15 is 0 Å². The first kappa shape index (κ1) is 46.8. The molecule has 0 bridgehead atoms. The Bertz CT molecular complexity index is 3680. The van der Waals surface area contributed by atoms with Crippen LogP contribution in [-0.2, 0) is 21.7 Å². The molecule has 72 heavy (non-hydrogen) atoms. The van der Waals surface area contributed by atoms with Gasteiger partial charge in [-0.15, -0.1) is 0 Å². The van der Waals surface area contributed by atoms with Crippen molar-refractivity contribution in [3.05, 3.63) is 204 Å². The van der Waals surface area contributed by atoms with Gasteiger partial charge in [0, 0.05) is 49.5 Å². The van der Waals surface area contributed by atoms with Crippen LogP contribution in [0.1, 0.15) is 105 Å². The highest BCUT2D eigenvalue weighted by atomic mass is 15.0. The molecule has 0 saturated heterocycles. The molecule has 3 aromatic heterocycles. The van der Waals surface area contributed by atoms with Crippen molar-refractivity contribution in [1.82, 2.24) is 19.1 Å². The Kier molecular flexibility index (Phi) is 11.1. The highest BCUT2D eigenvalue weighted by molar-refractivity contribution is 6.11.